The standard InChI is InChI=1S/C23H15F3N4O2/c24-23(25,26)22(32)18-7-3-4-8-20(18)30(21(22)31)16-9-14(11-27-13-16)10-19-17-6-2-1-5-15(17)12-28-29-19/h1-9,11-13,32H,10H2. The molecule has 1 amide bonds. The molecule has 1 aliphatic heterocycles. The molecule has 0 saturated carbocycles. The van der Waals surface area contributed by atoms with E-state index in [2.05, 4.69) is 15.2 Å². The summed E-state index contributed by atoms with van der Waals surface area (Å²) >= 11 is 0. The highest BCUT2D eigenvalue weighted by Crippen LogP contribution is 2.51. The molecule has 9 heteroatoms. The molecule has 2 aromatic carbocycles. The summed E-state index contributed by atoms with van der Waals surface area (Å²) in [5, 5.41) is 20.4. The Morgan fingerprint density at radius 1 is 1.00 bits per heavy atom. The number of fused-ring (bicyclic) bond motifs is 2. The largest absolute Gasteiger partial charge is 0.430 e. The quantitative estimate of drug-likeness (QED) is 0.524. The second-order valence-corrected chi connectivity index (χ2v) is 7.47. The first kappa shape index (κ1) is 20.1. The number of alkyl halides is 3. The van der Waals surface area contributed by atoms with Crippen molar-refractivity contribution in [3.63, 3.8) is 0 Å². The van der Waals surface area contributed by atoms with E-state index in [-0.39, 0.29) is 11.4 Å². The molecule has 1 unspecified atom stereocenters. The SMILES string of the molecule is O=C1N(c2cncc(Cc3nncc4ccccc34)c2)c2ccccc2C1(O)C(F)(F)F. The highest BCUT2D eigenvalue weighted by Gasteiger charge is 2.66. The topological polar surface area (TPSA) is 79.2 Å². The first-order valence-corrected chi connectivity index (χ1v) is 9.67. The number of rotatable bonds is 3. The van der Waals surface area contributed by atoms with Crippen LogP contribution in [0.2, 0.25) is 0 Å². The predicted molar refractivity (Wildman–Crippen MR) is 110 cm³/mol. The Hall–Kier alpha value is -3.85. The van der Waals surface area contributed by atoms with Crippen LogP contribution in [0.15, 0.2) is 73.2 Å². The monoisotopic (exact) mass is 436 g/mol. The Morgan fingerprint density at radius 3 is 2.56 bits per heavy atom. The molecule has 0 saturated heterocycles. The van der Waals surface area contributed by atoms with Crippen LogP contribution >= 0.6 is 0 Å². The zero-order valence-corrected chi connectivity index (χ0v) is 16.4. The van der Waals surface area contributed by atoms with Crippen LogP contribution in [0.1, 0.15) is 16.8 Å². The third kappa shape index (κ3) is 2.93. The number of benzene rings is 2. The molecule has 0 radical (unpaired) electrons. The van der Waals surface area contributed by atoms with Crippen LogP contribution in [-0.2, 0) is 16.8 Å². The number of para-hydroxylation sites is 1. The normalized spacial score (nSPS) is 18.2. The van der Waals surface area contributed by atoms with Crippen molar-refractivity contribution in [3.8, 4) is 0 Å². The number of carbonyl (C=O) groups is 1. The molecule has 1 atom stereocenters. The van der Waals surface area contributed by atoms with Gasteiger partial charge >= 0.3 is 6.18 Å². The highest BCUT2D eigenvalue weighted by molar-refractivity contribution is 6.12. The van der Waals surface area contributed by atoms with Gasteiger partial charge in [0.15, 0.2) is 0 Å². The lowest BCUT2D eigenvalue weighted by Crippen LogP contribution is -2.49. The van der Waals surface area contributed by atoms with Gasteiger partial charge in [-0.25, -0.2) is 0 Å². The van der Waals surface area contributed by atoms with Crippen LogP contribution in [-0.4, -0.2) is 32.4 Å². The summed E-state index contributed by atoms with van der Waals surface area (Å²) in [6.07, 6.45) is -0.392. The summed E-state index contributed by atoms with van der Waals surface area (Å²) in [4.78, 5) is 17.9. The smallest absolute Gasteiger partial charge is 0.368 e. The summed E-state index contributed by atoms with van der Waals surface area (Å²) < 4.78 is 41.2. The summed E-state index contributed by atoms with van der Waals surface area (Å²) in [5.41, 5.74) is -2.76. The number of carbonyl (C=O) groups excluding carboxylic acids is 1. The van der Waals surface area contributed by atoms with Gasteiger partial charge in [0.1, 0.15) is 0 Å². The maximum Gasteiger partial charge on any atom is 0.430 e. The molecular weight excluding hydrogens is 421 g/mol. The number of pyridine rings is 1. The number of amides is 1. The van der Waals surface area contributed by atoms with Gasteiger partial charge in [-0.2, -0.15) is 23.4 Å². The molecule has 5 rings (SSSR count). The lowest BCUT2D eigenvalue weighted by molar-refractivity contribution is -0.253. The maximum absolute atomic E-state index is 13.7. The van der Waals surface area contributed by atoms with Gasteiger partial charge in [-0.05, 0) is 17.7 Å². The van der Waals surface area contributed by atoms with E-state index < -0.39 is 23.2 Å². The summed E-state index contributed by atoms with van der Waals surface area (Å²) in [7, 11) is 0. The minimum absolute atomic E-state index is 0.0405. The third-order valence-corrected chi connectivity index (χ3v) is 5.51. The average molecular weight is 436 g/mol. The average Bonchev–Trinajstić information content (AvgIpc) is 3.02. The van der Waals surface area contributed by atoms with Crippen molar-refractivity contribution in [1.29, 1.82) is 0 Å². The number of hydrogen-bond acceptors (Lipinski definition) is 5. The van der Waals surface area contributed by atoms with E-state index in [1.807, 2.05) is 24.3 Å². The number of halogens is 3. The molecule has 4 aromatic rings. The fourth-order valence-electron chi connectivity index (χ4n) is 4.00. The van der Waals surface area contributed by atoms with Gasteiger partial charge in [0.05, 0.1) is 29.5 Å². The second-order valence-electron chi connectivity index (χ2n) is 7.47. The van der Waals surface area contributed by atoms with Crippen LogP contribution in [0.4, 0.5) is 24.5 Å². The molecule has 32 heavy (non-hydrogen) atoms. The number of anilines is 2. The van der Waals surface area contributed by atoms with E-state index in [9.17, 15) is 23.1 Å². The van der Waals surface area contributed by atoms with Crippen molar-refractivity contribution in [1.82, 2.24) is 15.2 Å². The summed E-state index contributed by atoms with van der Waals surface area (Å²) in [6.45, 7) is 0. The fourth-order valence-corrected chi connectivity index (χ4v) is 4.00. The molecule has 160 valence electrons. The molecule has 0 bridgehead atoms. The minimum atomic E-state index is -5.18. The van der Waals surface area contributed by atoms with E-state index in [1.54, 1.807) is 18.5 Å². The van der Waals surface area contributed by atoms with E-state index in [4.69, 9.17) is 0 Å². The fraction of sp³-hybridized carbons (Fsp3) is 0.130. The molecule has 0 spiro atoms. The maximum atomic E-state index is 13.7. The van der Waals surface area contributed by atoms with Gasteiger partial charge in [-0.15, -0.1) is 0 Å². The van der Waals surface area contributed by atoms with E-state index in [1.165, 1.54) is 24.4 Å². The molecule has 6 nitrogen and oxygen atoms in total. The lowest BCUT2D eigenvalue weighted by atomic mass is 9.95. The van der Waals surface area contributed by atoms with Gasteiger partial charge in [-0.1, -0.05) is 42.5 Å². The zero-order valence-electron chi connectivity index (χ0n) is 16.4. The number of aliphatic hydroxyl groups is 1. The number of aromatic nitrogens is 3. The summed E-state index contributed by atoms with van der Waals surface area (Å²) in [6, 6.07) is 14.4. The van der Waals surface area contributed by atoms with Gasteiger partial charge in [-0.3, -0.25) is 14.7 Å². The summed E-state index contributed by atoms with van der Waals surface area (Å²) in [5.74, 6) is -1.49. The van der Waals surface area contributed by atoms with Gasteiger partial charge in [0.2, 0.25) is 0 Å². The third-order valence-electron chi connectivity index (χ3n) is 5.51. The molecular formula is C23H15F3N4O2. The second kappa shape index (κ2) is 7.10. The van der Waals surface area contributed by atoms with E-state index in [0.29, 0.717) is 17.7 Å². The highest BCUT2D eigenvalue weighted by atomic mass is 19.4. The van der Waals surface area contributed by atoms with Crippen molar-refractivity contribution >= 4 is 28.1 Å². The Balaban J connectivity index is 1.57. The zero-order chi connectivity index (χ0) is 22.5. The lowest BCUT2D eigenvalue weighted by Gasteiger charge is -2.25. The van der Waals surface area contributed by atoms with Crippen LogP contribution in [0, 0.1) is 0 Å². The van der Waals surface area contributed by atoms with Crippen LogP contribution in [0.5, 0.6) is 0 Å². The first-order chi connectivity index (χ1) is 15.3. The Kier molecular flexibility index (Phi) is 4.45. The Morgan fingerprint density at radius 2 is 1.75 bits per heavy atom. The Bertz CT molecular complexity index is 1350. The van der Waals surface area contributed by atoms with E-state index >= 15 is 0 Å². The van der Waals surface area contributed by atoms with Crippen LogP contribution in [0.3, 0.4) is 0 Å². The van der Waals surface area contributed by atoms with Crippen molar-refractivity contribution in [2.24, 2.45) is 0 Å². The van der Waals surface area contributed by atoms with Crippen molar-refractivity contribution in [2.45, 2.75) is 18.2 Å². The minimum Gasteiger partial charge on any atom is -0.368 e. The molecule has 2 aromatic heterocycles. The number of hydrogen-bond donors (Lipinski definition) is 1. The Labute approximate surface area is 180 Å². The molecule has 1 N–H and O–H groups in total. The van der Waals surface area contributed by atoms with Gasteiger partial charge in [0, 0.05) is 29.0 Å². The molecule has 3 heterocycles. The van der Waals surface area contributed by atoms with Crippen molar-refractivity contribution in [3.05, 3.63) is 90.0 Å². The van der Waals surface area contributed by atoms with Crippen LogP contribution in [0.25, 0.3) is 10.8 Å². The van der Waals surface area contributed by atoms with Gasteiger partial charge in [0.25, 0.3) is 11.5 Å². The van der Waals surface area contributed by atoms with Crippen LogP contribution < -0.4 is 4.90 Å². The van der Waals surface area contributed by atoms with Crippen molar-refractivity contribution in [2.75, 3.05) is 4.90 Å². The molecule has 1 aliphatic rings. The number of nitrogens with zero attached hydrogens (tertiary/aromatic N) is 4. The first-order valence-electron chi connectivity index (χ1n) is 9.67. The predicted octanol–water partition coefficient (Wildman–Crippen LogP) is 4.04. The molecule has 0 fully saturated rings. The van der Waals surface area contributed by atoms with Gasteiger partial charge < -0.3 is 5.11 Å². The van der Waals surface area contributed by atoms with Crippen molar-refractivity contribution < 1.29 is 23.1 Å². The molecule has 0 aliphatic carbocycles. The van der Waals surface area contributed by atoms with E-state index in [0.717, 1.165) is 21.7 Å².